The highest BCUT2D eigenvalue weighted by atomic mass is 32.2. The van der Waals surface area contributed by atoms with Crippen molar-refractivity contribution >= 4 is 10.0 Å². The van der Waals surface area contributed by atoms with E-state index >= 15 is 0 Å². The van der Waals surface area contributed by atoms with Gasteiger partial charge in [0.1, 0.15) is 16.5 Å². The predicted octanol–water partition coefficient (Wildman–Crippen LogP) is 3.17. The number of benzene rings is 1. The first-order chi connectivity index (χ1) is 11.4. The molecule has 3 rings (SSSR count). The molecule has 1 aliphatic heterocycles. The lowest BCUT2D eigenvalue weighted by Gasteiger charge is -2.31. The van der Waals surface area contributed by atoms with Crippen molar-refractivity contribution in [2.24, 2.45) is 0 Å². The van der Waals surface area contributed by atoms with Gasteiger partial charge in [-0.15, -0.1) is 0 Å². The molecule has 1 aliphatic rings. The summed E-state index contributed by atoms with van der Waals surface area (Å²) in [4.78, 5) is 4.21. The summed E-state index contributed by atoms with van der Waals surface area (Å²) in [6.07, 6.45) is 5.13. The molecule has 0 radical (unpaired) electrons. The van der Waals surface area contributed by atoms with Gasteiger partial charge in [-0.3, -0.25) is 0 Å². The second kappa shape index (κ2) is 6.64. The minimum atomic E-state index is -3.78. The summed E-state index contributed by atoms with van der Waals surface area (Å²) in [6, 6.07) is 5.86. The molecule has 0 aliphatic carbocycles. The van der Waals surface area contributed by atoms with Gasteiger partial charge in [0.15, 0.2) is 0 Å². The fraction of sp³-hybridized carbons (Fsp3) is 0.471. The van der Waals surface area contributed by atoms with Crippen molar-refractivity contribution in [3.05, 3.63) is 48.3 Å². The second-order valence-electron chi connectivity index (χ2n) is 6.40. The summed E-state index contributed by atoms with van der Waals surface area (Å²) in [6.45, 7) is 4.96. The molecule has 5 nitrogen and oxygen atoms in total. The number of imidazole rings is 1. The number of piperidine rings is 1. The number of hydrogen-bond donors (Lipinski definition) is 0. The third-order valence-corrected chi connectivity index (χ3v) is 6.46. The fourth-order valence-electron chi connectivity index (χ4n) is 3.22. The molecule has 0 bridgehead atoms. The van der Waals surface area contributed by atoms with Crippen LogP contribution in [0.15, 0.2) is 41.6 Å². The molecule has 2 heterocycles. The Kier molecular flexibility index (Phi) is 4.73. The molecular formula is C17H22FN3O2S. The van der Waals surface area contributed by atoms with E-state index in [4.69, 9.17) is 0 Å². The Labute approximate surface area is 142 Å². The SMILES string of the molecule is CC(C)n1ccnc1C1CCN(S(=O)(=O)c2ccccc2F)CC1. The Morgan fingerprint density at radius 2 is 1.88 bits per heavy atom. The van der Waals surface area contributed by atoms with Crippen LogP contribution < -0.4 is 0 Å². The van der Waals surface area contributed by atoms with Gasteiger partial charge in [-0.05, 0) is 38.8 Å². The summed E-state index contributed by atoms with van der Waals surface area (Å²) in [5.74, 6) is 0.539. The van der Waals surface area contributed by atoms with Crippen LogP contribution >= 0.6 is 0 Å². The van der Waals surface area contributed by atoms with Gasteiger partial charge in [-0.1, -0.05) is 12.1 Å². The number of hydrogen-bond acceptors (Lipinski definition) is 3. The van der Waals surface area contributed by atoms with Crippen molar-refractivity contribution in [1.29, 1.82) is 0 Å². The predicted molar refractivity (Wildman–Crippen MR) is 89.7 cm³/mol. The molecule has 130 valence electrons. The van der Waals surface area contributed by atoms with Crippen molar-refractivity contribution in [3.8, 4) is 0 Å². The lowest BCUT2D eigenvalue weighted by atomic mass is 9.97. The summed E-state index contributed by atoms with van der Waals surface area (Å²) in [5, 5.41) is 0. The van der Waals surface area contributed by atoms with E-state index in [0.29, 0.717) is 32.0 Å². The quantitative estimate of drug-likeness (QED) is 0.850. The van der Waals surface area contributed by atoms with Gasteiger partial charge in [0.05, 0.1) is 0 Å². The largest absolute Gasteiger partial charge is 0.332 e. The Balaban J connectivity index is 1.76. The zero-order valence-corrected chi connectivity index (χ0v) is 14.7. The minimum Gasteiger partial charge on any atom is -0.332 e. The van der Waals surface area contributed by atoms with Crippen molar-refractivity contribution < 1.29 is 12.8 Å². The molecule has 24 heavy (non-hydrogen) atoms. The van der Waals surface area contributed by atoms with Crippen LogP contribution in [-0.2, 0) is 10.0 Å². The fourth-order valence-corrected chi connectivity index (χ4v) is 4.76. The van der Waals surface area contributed by atoms with Gasteiger partial charge in [0, 0.05) is 37.4 Å². The average Bonchev–Trinajstić information content (AvgIpc) is 3.05. The van der Waals surface area contributed by atoms with Crippen LogP contribution in [0.25, 0.3) is 0 Å². The zero-order valence-electron chi connectivity index (χ0n) is 13.9. The number of aromatic nitrogens is 2. The first kappa shape index (κ1) is 17.1. The molecule has 1 saturated heterocycles. The Hall–Kier alpha value is -1.73. The maximum absolute atomic E-state index is 13.9. The van der Waals surface area contributed by atoms with E-state index in [0.717, 1.165) is 5.82 Å². The van der Waals surface area contributed by atoms with Crippen LogP contribution in [0.3, 0.4) is 0 Å². The number of rotatable bonds is 4. The van der Waals surface area contributed by atoms with E-state index in [1.54, 1.807) is 12.3 Å². The molecule has 0 unspecified atom stereocenters. The number of halogens is 1. The van der Waals surface area contributed by atoms with E-state index in [1.165, 1.54) is 22.5 Å². The lowest BCUT2D eigenvalue weighted by Crippen LogP contribution is -2.38. The van der Waals surface area contributed by atoms with Crippen LogP contribution in [0.2, 0.25) is 0 Å². The molecule has 0 atom stereocenters. The van der Waals surface area contributed by atoms with Gasteiger partial charge < -0.3 is 4.57 Å². The van der Waals surface area contributed by atoms with Gasteiger partial charge in [-0.2, -0.15) is 4.31 Å². The number of sulfonamides is 1. The van der Waals surface area contributed by atoms with Crippen LogP contribution in [0, 0.1) is 5.82 Å². The molecular weight excluding hydrogens is 329 g/mol. The van der Waals surface area contributed by atoms with E-state index < -0.39 is 15.8 Å². The van der Waals surface area contributed by atoms with Gasteiger partial charge in [0.25, 0.3) is 0 Å². The lowest BCUT2D eigenvalue weighted by molar-refractivity contribution is 0.306. The first-order valence-corrected chi connectivity index (χ1v) is 9.62. The van der Waals surface area contributed by atoms with Gasteiger partial charge >= 0.3 is 0 Å². The van der Waals surface area contributed by atoms with E-state index in [2.05, 4.69) is 23.4 Å². The number of nitrogens with zero attached hydrogens (tertiary/aromatic N) is 3. The molecule has 0 N–H and O–H groups in total. The molecule has 2 aromatic rings. The third kappa shape index (κ3) is 3.10. The van der Waals surface area contributed by atoms with E-state index in [-0.39, 0.29) is 10.8 Å². The second-order valence-corrected chi connectivity index (χ2v) is 8.30. The van der Waals surface area contributed by atoms with Crippen molar-refractivity contribution in [1.82, 2.24) is 13.9 Å². The summed E-state index contributed by atoms with van der Waals surface area (Å²) < 4.78 is 42.7. The smallest absolute Gasteiger partial charge is 0.245 e. The third-order valence-electron chi connectivity index (χ3n) is 4.53. The first-order valence-electron chi connectivity index (χ1n) is 8.18. The maximum Gasteiger partial charge on any atom is 0.245 e. The monoisotopic (exact) mass is 351 g/mol. The normalized spacial score (nSPS) is 17.5. The van der Waals surface area contributed by atoms with Crippen LogP contribution in [0.5, 0.6) is 0 Å². The van der Waals surface area contributed by atoms with Crippen LogP contribution in [0.1, 0.15) is 44.5 Å². The summed E-state index contributed by atoms with van der Waals surface area (Å²) in [7, 11) is -3.78. The molecule has 1 aromatic heterocycles. The highest BCUT2D eigenvalue weighted by Crippen LogP contribution is 2.31. The Morgan fingerprint density at radius 1 is 1.21 bits per heavy atom. The topological polar surface area (TPSA) is 55.2 Å². The molecule has 7 heteroatoms. The highest BCUT2D eigenvalue weighted by molar-refractivity contribution is 7.89. The zero-order chi connectivity index (χ0) is 17.3. The maximum atomic E-state index is 13.9. The van der Waals surface area contributed by atoms with Gasteiger partial charge in [0.2, 0.25) is 10.0 Å². The van der Waals surface area contributed by atoms with Gasteiger partial charge in [-0.25, -0.2) is 17.8 Å². The highest BCUT2D eigenvalue weighted by Gasteiger charge is 2.32. The Morgan fingerprint density at radius 3 is 2.50 bits per heavy atom. The molecule has 0 spiro atoms. The average molecular weight is 351 g/mol. The van der Waals surface area contributed by atoms with Crippen LogP contribution in [-0.4, -0.2) is 35.4 Å². The standard InChI is InChI=1S/C17H22FN3O2S/c1-13(2)21-12-9-19-17(21)14-7-10-20(11-8-14)24(22,23)16-6-4-3-5-15(16)18/h3-6,9,12-14H,7-8,10-11H2,1-2H3. The van der Waals surface area contributed by atoms with Crippen LogP contribution in [0.4, 0.5) is 4.39 Å². The molecule has 0 amide bonds. The van der Waals surface area contributed by atoms with E-state index in [1.807, 2.05) is 6.20 Å². The summed E-state index contributed by atoms with van der Waals surface area (Å²) in [5.41, 5.74) is 0. The molecule has 0 saturated carbocycles. The molecule has 1 aromatic carbocycles. The van der Waals surface area contributed by atoms with E-state index in [9.17, 15) is 12.8 Å². The van der Waals surface area contributed by atoms with Crippen molar-refractivity contribution in [2.45, 2.75) is 43.5 Å². The summed E-state index contributed by atoms with van der Waals surface area (Å²) >= 11 is 0. The van der Waals surface area contributed by atoms with Crippen molar-refractivity contribution in [2.75, 3.05) is 13.1 Å². The minimum absolute atomic E-state index is 0.231. The molecule has 1 fully saturated rings. The van der Waals surface area contributed by atoms with Crippen molar-refractivity contribution in [3.63, 3.8) is 0 Å². The Bertz CT molecular complexity index is 809.